The van der Waals surface area contributed by atoms with Crippen LogP contribution < -0.4 is 18.9 Å². The zero-order valence-electron chi connectivity index (χ0n) is 19.4. The lowest BCUT2D eigenvalue weighted by molar-refractivity contribution is -0.0536. The number of hydrogen-bond acceptors (Lipinski definition) is 6. The van der Waals surface area contributed by atoms with Crippen LogP contribution in [0.3, 0.4) is 0 Å². The fourth-order valence-electron chi connectivity index (χ4n) is 4.97. The molecule has 3 aromatic rings. The van der Waals surface area contributed by atoms with E-state index in [-0.39, 0.29) is 0 Å². The molecule has 0 saturated carbocycles. The van der Waals surface area contributed by atoms with Crippen molar-refractivity contribution in [2.75, 3.05) is 28.4 Å². The number of benzene rings is 3. The second-order valence-corrected chi connectivity index (χ2v) is 8.40. The van der Waals surface area contributed by atoms with E-state index in [2.05, 4.69) is 0 Å². The van der Waals surface area contributed by atoms with Gasteiger partial charge in [0, 0.05) is 5.41 Å². The van der Waals surface area contributed by atoms with Gasteiger partial charge in [0.15, 0.2) is 23.0 Å². The molecular weight excluding hydrogens is 420 g/mol. The van der Waals surface area contributed by atoms with Crippen molar-refractivity contribution in [3.05, 3.63) is 82.9 Å². The predicted molar refractivity (Wildman–Crippen MR) is 125 cm³/mol. The van der Waals surface area contributed by atoms with Crippen molar-refractivity contribution in [3.8, 4) is 23.0 Å². The Morgan fingerprint density at radius 2 is 1.00 bits per heavy atom. The van der Waals surface area contributed by atoms with Crippen LogP contribution in [0, 0.1) is 5.41 Å². The van der Waals surface area contributed by atoms with E-state index in [1.165, 1.54) is 0 Å². The first-order valence-electron chi connectivity index (χ1n) is 10.8. The quantitative estimate of drug-likeness (QED) is 0.534. The third-order valence-electron chi connectivity index (χ3n) is 6.64. The number of ether oxygens (including phenoxy) is 4. The number of aliphatic hydroxyl groups is 2. The summed E-state index contributed by atoms with van der Waals surface area (Å²) in [5.74, 6) is 2.48. The maximum atomic E-state index is 11.6. The second kappa shape index (κ2) is 9.33. The third kappa shape index (κ3) is 4.01. The largest absolute Gasteiger partial charge is 0.493 e. The molecule has 6 heteroatoms. The van der Waals surface area contributed by atoms with Gasteiger partial charge >= 0.3 is 0 Å². The summed E-state index contributed by atoms with van der Waals surface area (Å²) in [5, 5.41) is 23.1. The summed E-state index contributed by atoms with van der Waals surface area (Å²) in [6, 6.07) is 18.9. The summed E-state index contributed by atoms with van der Waals surface area (Å²) in [6.45, 7) is 0. The lowest BCUT2D eigenvalue weighted by atomic mass is 9.71. The molecule has 1 aliphatic carbocycles. The van der Waals surface area contributed by atoms with Gasteiger partial charge in [-0.1, -0.05) is 36.4 Å². The van der Waals surface area contributed by atoms with Crippen molar-refractivity contribution < 1.29 is 29.2 Å². The number of fused-ring (bicyclic) bond motifs is 1. The molecule has 1 aliphatic rings. The summed E-state index contributed by atoms with van der Waals surface area (Å²) in [6.07, 6.45) is -0.855. The zero-order chi connectivity index (χ0) is 23.6. The van der Waals surface area contributed by atoms with Gasteiger partial charge in [-0.3, -0.25) is 0 Å². The molecule has 0 radical (unpaired) electrons. The monoisotopic (exact) mass is 450 g/mol. The number of aliphatic hydroxyl groups excluding tert-OH is 2. The Bertz CT molecular complexity index is 1040. The first kappa shape index (κ1) is 23.0. The third-order valence-corrected chi connectivity index (χ3v) is 6.64. The smallest absolute Gasteiger partial charge is 0.160 e. The maximum Gasteiger partial charge on any atom is 0.160 e. The van der Waals surface area contributed by atoms with E-state index in [9.17, 15) is 10.2 Å². The van der Waals surface area contributed by atoms with Crippen LogP contribution in [-0.4, -0.2) is 38.7 Å². The van der Waals surface area contributed by atoms with E-state index in [0.717, 1.165) is 22.3 Å². The van der Waals surface area contributed by atoms with Crippen molar-refractivity contribution >= 4 is 0 Å². The Kier molecular flexibility index (Phi) is 6.49. The van der Waals surface area contributed by atoms with Crippen molar-refractivity contribution in [1.29, 1.82) is 0 Å². The van der Waals surface area contributed by atoms with Crippen molar-refractivity contribution in [2.45, 2.75) is 25.0 Å². The molecule has 0 saturated heterocycles. The van der Waals surface area contributed by atoms with Crippen molar-refractivity contribution in [2.24, 2.45) is 5.41 Å². The molecule has 0 spiro atoms. The Morgan fingerprint density at radius 3 is 1.36 bits per heavy atom. The normalized spacial score (nSPS) is 18.5. The van der Waals surface area contributed by atoms with E-state index in [1.807, 2.05) is 60.7 Å². The molecular formula is C27H30O6. The second-order valence-electron chi connectivity index (χ2n) is 8.40. The molecule has 6 nitrogen and oxygen atoms in total. The molecule has 2 N–H and O–H groups in total. The minimum absolute atomic E-state index is 0.429. The summed E-state index contributed by atoms with van der Waals surface area (Å²) >= 11 is 0. The Labute approximate surface area is 194 Å². The molecule has 0 fully saturated rings. The SMILES string of the molecule is COc1ccc(CC2(Cc3ccc(OC)c(OC)c3)C(O)c3ccccc3C2O)cc1OC. The van der Waals surface area contributed by atoms with Crippen LogP contribution in [-0.2, 0) is 12.8 Å². The fraction of sp³-hybridized carbons (Fsp3) is 0.333. The van der Waals surface area contributed by atoms with Gasteiger partial charge in [-0.15, -0.1) is 0 Å². The lowest BCUT2D eigenvalue weighted by Crippen LogP contribution is -2.35. The van der Waals surface area contributed by atoms with Gasteiger partial charge in [-0.2, -0.15) is 0 Å². The number of rotatable bonds is 8. The Balaban J connectivity index is 1.79. The van der Waals surface area contributed by atoms with Gasteiger partial charge in [0.2, 0.25) is 0 Å². The van der Waals surface area contributed by atoms with E-state index in [1.54, 1.807) is 28.4 Å². The van der Waals surface area contributed by atoms with Crippen LogP contribution >= 0.6 is 0 Å². The lowest BCUT2D eigenvalue weighted by Gasteiger charge is -2.37. The van der Waals surface area contributed by atoms with Crippen LogP contribution in [0.1, 0.15) is 34.5 Å². The van der Waals surface area contributed by atoms with Crippen LogP contribution in [0.4, 0.5) is 0 Å². The molecule has 2 unspecified atom stereocenters. The Hall–Kier alpha value is -3.22. The highest BCUT2D eigenvalue weighted by Crippen LogP contribution is 2.56. The van der Waals surface area contributed by atoms with Crippen molar-refractivity contribution in [3.63, 3.8) is 0 Å². The van der Waals surface area contributed by atoms with Gasteiger partial charge in [-0.25, -0.2) is 0 Å². The van der Waals surface area contributed by atoms with Gasteiger partial charge in [0.1, 0.15) is 0 Å². The fourth-order valence-corrected chi connectivity index (χ4v) is 4.97. The zero-order valence-corrected chi connectivity index (χ0v) is 19.4. The maximum absolute atomic E-state index is 11.6. The number of methoxy groups -OCH3 is 4. The standard InChI is InChI=1S/C27H30O6/c1-30-21-11-9-17(13-23(21)32-3)15-27(16-18-10-12-22(31-2)24(14-18)33-4)25(28)19-7-5-6-8-20(19)26(27)29/h5-14,25-26,28-29H,15-16H2,1-4H3. The Morgan fingerprint density at radius 1 is 0.606 bits per heavy atom. The van der Waals surface area contributed by atoms with E-state index in [0.29, 0.717) is 35.8 Å². The van der Waals surface area contributed by atoms with E-state index < -0.39 is 17.6 Å². The molecule has 33 heavy (non-hydrogen) atoms. The topological polar surface area (TPSA) is 77.4 Å². The summed E-state index contributed by atoms with van der Waals surface area (Å²) in [4.78, 5) is 0. The van der Waals surface area contributed by atoms with Crippen LogP contribution in [0.5, 0.6) is 23.0 Å². The first-order chi connectivity index (χ1) is 16.0. The summed E-state index contributed by atoms with van der Waals surface area (Å²) in [7, 11) is 6.38. The molecule has 2 atom stereocenters. The van der Waals surface area contributed by atoms with Gasteiger partial charge in [-0.05, 0) is 59.4 Å². The molecule has 174 valence electrons. The average molecular weight is 451 g/mol. The molecule has 0 heterocycles. The predicted octanol–water partition coefficient (Wildman–Crippen LogP) is 4.27. The highest BCUT2D eigenvalue weighted by atomic mass is 16.5. The van der Waals surface area contributed by atoms with Crippen LogP contribution in [0.2, 0.25) is 0 Å². The molecule has 0 aliphatic heterocycles. The minimum atomic E-state index is -0.886. The summed E-state index contributed by atoms with van der Waals surface area (Å²) < 4.78 is 21.7. The van der Waals surface area contributed by atoms with E-state index in [4.69, 9.17) is 18.9 Å². The van der Waals surface area contributed by atoms with Crippen molar-refractivity contribution in [1.82, 2.24) is 0 Å². The van der Waals surface area contributed by atoms with Gasteiger partial charge in [0.05, 0.1) is 40.6 Å². The molecule has 0 amide bonds. The molecule has 4 rings (SSSR count). The van der Waals surface area contributed by atoms with Gasteiger partial charge in [0.25, 0.3) is 0 Å². The van der Waals surface area contributed by atoms with Gasteiger partial charge < -0.3 is 29.2 Å². The first-order valence-corrected chi connectivity index (χ1v) is 10.8. The molecule has 0 bridgehead atoms. The van der Waals surface area contributed by atoms with E-state index >= 15 is 0 Å². The number of hydrogen-bond donors (Lipinski definition) is 2. The highest BCUT2D eigenvalue weighted by Gasteiger charge is 2.52. The highest BCUT2D eigenvalue weighted by molar-refractivity contribution is 5.47. The van der Waals surface area contributed by atoms with Crippen LogP contribution in [0.15, 0.2) is 60.7 Å². The minimum Gasteiger partial charge on any atom is -0.493 e. The summed E-state index contributed by atoms with van der Waals surface area (Å²) in [5.41, 5.74) is 2.48. The van der Waals surface area contributed by atoms with Crippen LogP contribution in [0.25, 0.3) is 0 Å². The molecule has 3 aromatic carbocycles. The molecule has 0 aromatic heterocycles. The average Bonchev–Trinajstić information content (AvgIpc) is 3.05.